The molecule has 0 amide bonds. The van der Waals surface area contributed by atoms with Gasteiger partial charge in [0.15, 0.2) is 5.96 Å². The average Bonchev–Trinajstić information content (AvgIpc) is 2.50. The first-order chi connectivity index (χ1) is 10.9. The number of aliphatic imine (C=N–C) groups is 1. The molecule has 0 spiro atoms. The highest BCUT2D eigenvalue weighted by Crippen LogP contribution is 2.17. The maximum Gasteiger partial charge on any atom is 0.191 e. The first-order valence-electron chi connectivity index (χ1n) is 7.70. The lowest BCUT2D eigenvalue weighted by atomic mass is 10.2. The Morgan fingerprint density at radius 1 is 1.35 bits per heavy atom. The van der Waals surface area contributed by atoms with Gasteiger partial charge in [-0.3, -0.25) is 0 Å². The van der Waals surface area contributed by atoms with Gasteiger partial charge in [-0.05, 0) is 26.3 Å². The van der Waals surface area contributed by atoms with Crippen molar-refractivity contribution < 1.29 is 13.2 Å². The summed E-state index contributed by atoms with van der Waals surface area (Å²) in [7, 11) is -1.31. The summed E-state index contributed by atoms with van der Waals surface area (Å²) in [4.78, 5) is 4.54. The Morgan fingerprint density at radius 3 is 2.65 bits per heavy atom. The molecule has 1 aromatic rings. The van der Waals surface area contributed by atoms with Crippen LogP contribution in [0, 0.1) is 0 Å². The Hall–Kier alpha value is -1.76. The molecule has 0 aromatic heterocycles. The molecule has 2 N–H and O–H groups in total. The number of methoxy groups -OCH3 is 1. The zero-order valence-electron chi connectivity index (χ0n) is 14.3. The van der Waals surface area contributed by atoms with Crippen LogP contribution in [0.15, 0.2) is 29.3 Å². The minimum atomic E-state index is -2.95. The lowest BCUT2D eigenvalue weighted by Crippen LogP contribution is -2.42. The van der Waals surface area contributed by atoms with Crippen LogP contribution in [0.5, 0.6) is 5.75 Å². The molecule has 0 radical (unpaired) electrons. The molecule has 7 heteroatoms. The average molecular weight is 341 g/mol. The number of ether oxygens (including phenoxy) is 1. The summed E-state index contributed by atoms with van der Waals surface area (Å²) in [6.45, 7) is 5.15. The molecule has 1 unspecified atom stereocenters. The zero-order valence-corrected chi connectivity index (χ0v) is 15.1. The summed E-state index contributed by atoms with van der Waals surface area (Å²) < 4.78 is 27.8. The second-order valence-electron chi connectivity index (χ2n) is 5.47. The first-order valence-corrected chi connectivity index (χ1v) is 9.76. The van der Waals surface area contributed by atoms with Crippen molar-refractivity contribution in [2.45, 2.75) is 32.9 Å². The summed E-state index contributed by atoms with van der Waals surface area (Å²) >= 11 is 0. The van der Waals surface area contributed by atoms with Crippen molar-refractivity contribution in [1.82, 2.24) is 10.6 Å². The smallest absolute Gasteiger partial charge is 0.191 e. The largest absolute Gasteiger partial charge is 0.496 e. The van der Waals surface area contributed by atoms with Crippen LogP contribution in [0.4, 0.5) is 0 Å². The summed E-state index contributed by atoms with van der Waals surface area (Å²) in [5.41, 5.74) is 0.996. The van der Waals surface area contributed by atoms with E-state index in [4.69, 9.17) is 4.74 Å². The number of benzene rings is 1. The normalized spacial score (nSPS) is 13.5. The van der Waals surface area contributed by atoms with Gasteiger partial charge < -0.3 is 15.4 Å². The predicted octanol–water partition coefficient (Wildman–Crippen LogP) is 1.57. The molecule has 0 fully saturated rings. The van der Waals surface area contributed by atoms with E-state index in [1.54, 1.807) is 7.11 Å². The Bertz CT molecular complexity index is 615. The quantitative estimate of drug-likeness (QED) is 0.554. The Kier molecular flexibility index (Phi) is 7.88. The van der Waals surface area contributed by atoms with Crippen molar-refractivity contribution in [2.75, 3.05) is 25.7 Å². The molecule has 1 atom stereocenters. The molecule has 0 aliphatic carbocycles. The third-order valence-corrected chi connectivity index (χ3v) is 4.23. The van der Waals surface area contributed by atoms with Crippen molar-refractivity contribution in [1.29, 1.82) is 0 Å². The van der Waals surface area contributed by atoms with Gasteiger partial charge in [-0.25, -0.2) is 13.4 Å². The van der Waals surface area contributed by atoms with Gasteiger partial charge in [-0.15, -0.1) is 0 Å². The van der Waals surface area contributed by atoms with Crippen LogP contribution in [0.3, 0.4) is 0 Å². The summed E-state index contributed by atoms with van der Waals surface area (Å²) in [6.07, 6.45) is 1.79. The van der Waals surface area contributed by atoms with Crippen molar-refractivity contribution in [3.05, 3.63) is 29.8 Å². The SMILES string of the molecule is CCNC(=NCc1ccccc1OC)NC(C)CCS(C)(=O)=O. The fraction of sp³-hybridized carbons (Fsp3) is 0.562. The van der Waals surface area contributed by atoms with Crippen LogP contribution in [0.1, 0.15) is 25.8 Å². The number of nitrogens with zero attached hydrogens (tertiary/aromatic N) is 1. The van der Waals surface area contributed by atoms with Gasteiger partial charge in [-0.1, -0.05) is 18.2 Å². The van der Waals surface area contributed by atoms with Gasteiger partial charge in [0.1, 0.15) is 15.6 Å². The number of rotatable bonds is 8. The van der Waals surface area contributed by atoms with Crippen LogP contribution in [0.2, 0.25) is 0 Å². The van der Waals surface area contributed by atoms with Gasteiger partial charge in [0.2, 0.25) is 0 Å². The number of nitrogens with one attached hydrogen (secondary N) is 2. The predicted molar refractivity (Wildman–Crippen MR) is 94.7 cm³/mol. The van der Waals surface area contributed by atoms with Gasteiger partial charge >= 0.3 is 0 Å². The highest BCUT2D eigenvalue weighted by atomic mass is 32.2. The second kappa shape index (κ2) is 9.39. The number of guanidine groups is 1. The third-order valence-electron chi connectivity index (χ3n) is 3.25. The first kappa shape index (κ1) is 19.3. The number of sulfone groups is 1. The maximum absolute atomic E-state index is 11.2. The molecule has 0 saturated carbocycles. The van der Waals surface area contributed by atoms with E-state index >= 15 is 0 Å². The molecule has 1 rings (SSSR count). The van der Waals surface area contributed by atoms with E-state index in [1.807, 2.05) is 38.1 Å². The van der Waals surface area contributed by atoms with Crippen molar-refractivity contribution in [3.8, 4) is 5.75 Å². The van der Waals surface area contributed by atoms with E-state index in [2.05, 4.69) is 15.6 Å². The molecule has 0 saturated heterocycles. The van der Waals surface area contributed by atoms with Crippen LogP contribution in [-0.2, 0) is 16.4 Å². The molecule has 1 aromatic carbocycles. The molecule has 0 aliphatic rings. The molecule has 130 valence electrons. The van der Waals surface area contributed by atoms with Gasteiger partial charge in [-0.2, -0.15) is 0 Å². The van der Waals surface area contributed by atoms with Crippen LogP contribution < -0.4 is 15.4 Å². The Labute approximate surface area is 139 Å². The maximum atomic E-state index is 11.2. The zero-order chi connectivity index (χ0) is 17.3. The number of para-hydroxylation sites is 1. The lowest BCUT2D eigenvalue weighted by molar-refractivity contribution is 0.410. The minimum absolute atomic E-state index is 0.0141. The van der Waals surface area contributed by atoms with Crippen LogP contribution in [-0.4, -0.2) is 46.1 Å². The Balaban J connectivity index is 2.69. The van der Waals surface area contributed by atoms with Crippen molar-refractivity contribution >= 4 is 15.8 Å². The van der Waals surface area contributed by atoms with E-state index in [-0.39, 0.29) is 11.8 Å². The number of hydrogen-bond donors (Lipinski definition) is 2. The highest BCUT2D eigenvalue weighted by molar-refractivity contribution is 7.90. The van der Waals surface area contributed by atoms with Crippen LogP contribution >= 0.6 is 0 Å². The molecule has 6 nitrogen and oxygen atoms in total. The van der Waals surface area contributed by atoms with Gasteiger partial charge in [0.05, 0.1) is 19.4 Å². The van der Waals surface area contributed by atoms with Crippen LogP contribution in [0.25, 0.3) is 0 Å². The van der Waals surface area contributed by atoms with Crippen molar-refractivity contribution in [3.63, 3.8) is 0 Å². The van der Waals surface area contributed by atoms with E-state index in [1.165, 1.54) is 6.26 Å². The van der Waals surface area contributed by atoms with Gasteiger partial charge in [0.25, 0.3) is 0 Å². The number of hydrogen-bond acceptors (Lipinski definition) is 4. The van der Waals surface area contributed by atoms with Crippen molar-refractivity contribution in [2.24, 2.45) is 4.99 Å². The summed E-state index contributed by atoms with van der Waals surface area (Å²) in [5.74, 6) is 1.63. The topological polar surface area (TPSA) is 79.8 Å². The second-order valence-corrected chi connectivity index (χ2v) is 7.73. The monoisotopic (exact) mass is 341 g/mol. The minimum Gasteiger partial charge on any atom is -0.496 e. The molecule has 0 bridgehead atoms. The fourth-order valence-electron chi connectivity index (χ4n) is 2.01. The molecule has 0 heterocycles. The fourth-order valence-corrected chi connectivity index (χ4v) is 2.80. The molecule has 0 aliphatic heterocycles. The molecular formula is C16H27N3O3S. The molecule has 23 heavy (non-hydrogen) atoms. The van der Waals surface area contributed by atoms with E-state index in [0.29, 0.717) is 18.9 Å². The lowest BCUT2D eigenvalue weighted by Gasteiger charge is -2.17. The standard InChI is InChI=1S/C16H27N3O3S/c1-5-17-16(19-13(2)10-11-23(4,20)21)18-12-14-8-6-7-9-15(14)22-3/h6-9,13H,5,10-12H2,1-4H3,(H2,17,18,19). The van der Waals surface area contributed by atoms with E-state index in [0.717, 1.165) is 17.9 Å². The highest BCUT2D eigenvalue weighted by Gasteiger charge is 2.09. The van der Waals surface area contributed by atoms with Gasteiger partial charge in [0, 0.05) is 24.4 Å². The summed E-state index contributed by atoms with van der Waals surface area (Å²) in [5, 5.41) is 6.40. The summed E-state index contributed by atoms with van der Waals surface area (Å²) in [6, 6.07) is 7.75. The van der Waals surface area contributed by atoms with E-state index in [9.17, 15) is 8.42 Å². The Morgan fingerprint density at radius 2 is 2.04 bits per heavy atom. The molecular weight excluding hydrogens is 314 g/mol. The van der Waals surface area contributed by atoms with E-state index < -0.39 is 9.84 Å². The third kappa shape index (κ3) is 7.88.